The van der Waals surface area contributed by atoms with Crippen LogP contribution in [0.5, 0.6) is 0 Å². The fraction of sp³-hybridized carbons (Fsp3) is 0.889. The lowest BCUT2D eigenvalue weighted by atomic mass is 10.4. The number of hydrogen-bond acceptors (Lipinski definition) is 4. The molecule has 5 nitrogen and oxygen atoms in total. The van der Waals surface area contributed by atoms with Gasteiger partial charge in [-0.3, -0.25) is 9.52 Å². The van der Waals surface area contributed by atoms with Crippen LogP contribution in [0.15, 0.2) is 0 Å². The third-order valence-electron chi connectivity index (χ3n) is 2.58. The Morgan fingerprint density at radius 3 is 2.40 bits per heavy atom. The molecule has 2 saturated carbocycles. The van der Waals surface area contributed by atoms with Crippen molar-refractivity contribution >= 4 is 15.9 Å². The van der Waals surface area contributed by atoms with Gasteiger partial charge in [-0.15, -0.1) is 0 Å². The molecule has 86 valence electrons. The molecule has 0 unspecified atom stereocenters. The third kappa shape index (κ3) is 3.46. The number of carbonyl (C=O) groups excluding carboxylic acids is 1. The molecule has 2 N–H and O–H groups in total. The fourth-order valence-corrected chi connectivity index (χ4v) is 2.69. The van der Waals surface area contributed by atoms with Crippen LogP contribution in [-0.2, 0) is 14.8 Å². The molecule has 0 radical (unpaired) electrons. The van der Waals surface area contributed by atoms with Crippen molar-refractivity contribution in [2.75, 3.05) is 6.54 Å². The van der Waals surface area contributed by atoms with Gasteiger partial charge < -0.3 is 5.32 Å². The summed E-state index contributed by atoms with van der Waals surface area (Å²) in [5.41, 5.74) is 0. The summed E-state index contributed by atoms with van der Waals surface area (Å²) in [6.45, 7) is 0.566. The molecule has 2 aliphatic rings. The van der Waals surface area contributed by atoms with Gasteiger partial charge in [0.2, 0.25) is 15.9 Å². The summed E-state index contributed by atoms with van der Waals surface area (Å²) in [5, 5.41) is 2.84. The monoisotopic (exact) mass is 232 g/mol. The minimum Gasteiger partial charge on any atom is -0.313 e. The SMILES string of the molecule is O=C(CCNC1CC1)NS(=O)(=O)C1CC1. The highest BCUT2D eigenvalue weighted by atomic mass is 32.2. The molecular weight excluding hydrogens is 216 g/mol. The van der Waals surface area contributed by atoms with E-state index in [2.05, 4.69) is 10.0 Å². The van der Waals surface area contributed by atoms with Gasteiger partial charge in [-0.1, -0.05) is 0 Å². The fourth-order valence-electron chi connectivity index (χ4n) is 1.35. The Morgan fingerprint density at radius 1 is 1.20 bits per heavy atom. The number of sulfonamides is 1. The van der Waals surface area contributed by atoms with Crippen molar-refractivity contribution in [3.8, 4) is 0 Å². The van der Waals surface area contributed by atoms with Crippen molar-refractivity contribution < 1.29 is 13.2 Å². The second kappa shape index (κ2) is 4.09. The molecule has 6 heteroatoms. The van der Waals surface area contributed by atoms with E-state index in [0.29, 0.717) is 25.4 Å². The maximum Gasteiger partial charge on any atom is 0.237 e. The van der Waals surface area contributed by atoms with Crippen LogP contribution in [0.4, 0.5) is 0 Å². The molecule has 2 fully saturated rings. The summed E-state index contributed by atoms with van der Waals surface area (Å²) in [7, 11) is -3.35. The van der Waals surface area contributed by atoms with Gasteiger partial charge in [0, 0.05) is 19.0 Å². The van der Waals surface area contributed by atoms with Crippen LogP contribution in [0.25, 0.3) is 0 Å². The molecular formula is C9H16N2O3S. The van der Waals surface area contributed by atoms with Crippen molar-refractivity contribution in [3.63, 3.8) is 0 Å². The molecule has 0 aromatic heterocycles. The van der Waals surface area contributed by atoms with E-state index in [9.17, 15) is 13.2 Å². The Labute approximate surface area is 89.7 Å². The van der Waals surface area contributed by atoms with Gasteiger partial charge in [-0.25, -0.2) is 8.42 Å². The standard InChI is InChI=1S/C9H16N2O3S/c12-9(5-6-10-7-1-2-7)11-15(13,14)8-3-4-8/h7-8,10H,1-6H2,(H,11,12). The highest BCUT2D eigenvalue weighted by Crippen LogP contribution is 2.27. The lowest BCUT2D eigenvalue weighted by molar-refractivity contribution is -0.119. The average Bonchev–Trinajstić information content (AvgIpc) is 2.99. The molecule has 0 aromatic rings. The van der Waals surface area contributed by atoms with E-state index >= 15 is 0 Å². The normalized spacial score (nSPS) is 21.3. The van der Waals surface area contributed by atoms with E-state index in [0.717, 1.165) is 0 Å². The molecule has 0 saturated heterocycles. The number of nitrogens with one attached hydrogen (secondary N) is 2. The second-order valence-electron chi connectivity index (χ2n) is 4.25. The molecule has 0 bridgehead atoms. The first-order valence-electron chi connectivity index (χ1n) is 5.36. The molecule has 0 heterocycles. The number of carbonyl (C=O) groups is 1. The van der Waals surface area contributed by atoms with E-state index in [4.69, 9.17) is 0 Å². The van der Waals surface area contributed by atoms with Gasteiger partial charge in [0.05, 0.1) is 5.25 Å². The minimum atomic E-state index is -3.35. The van der Waals surface area contributed by atoms with E-state index in [1.807, 2.05) is 0 Å². The van der Waals surface area contributed by atoms with Crippen molar-refractivity contribution in [1.82, 2.24) is 10.0 Å². The second-order valence-corrected chi connectivity index (χ2v) is 6.21. The van der Waals surface area contributed by atoms with Gasteiger partial charge in [0.1, 0.15) is 0 Å². The van der Waals surface area contributed by atoms with Crippen molar-refractivity contribution in [2.45, 2.75) is 43.4 Å². The highest BCUT2D eigenvalue weighted by Gasteiger charge is 2.36. The van der Waals surface area contributed by atoms with Gasteiger partial charge in [-0.05, 0) is 25.7 Å². The Balaban J connectivity index is 1.66. The van der Waals surface area contributed by atoms with Crippen LogP contribution in [0.2, 0.25) is 0 Å². The molecule has 1 amide bonds. The van der Waals surface area contributed by atoms with Crippen LogP contribution >= 0.6 is 0 Å². The zero-order valence-corrected chi connectivity index (χ0v) is 9.35. The summed E-state index contributed by atoms with van der Waals surface area (Å²) >= 11 is 0. The average molecular weight is 232 g/mol. The van der Waals surface area contributed by atoms with E-state index in [-0.39, 0.29) is 11.7 Å². The smallest absolute Gasteiger partial charge is 0.237 e. The zero-order chi connectivity index (χ0) is 10.9. The molecule has 2 aliphatic carbocycles. The summed E-state index contributed by atoms with van der Waals surface area (Å²) in [6, 6.07) is 0.554. The Bertz CT molecular complexity index is 344. The molecule has 0 aromatic carbocycles. The quantitative estimate of drug-likeness (QED) is 0.661. The lowest BCUT2D eigenvalue weighted by Gasteiger charge is -2.05. The van der Waals surface area contributed by atoms with Crippen LogP contribution < -0.4 is 10.0 Å². The van der Waals surface area contributed by atoms with Gasteiger partial charge >= 0.3 is 0 Å². The Hall–Kier alpha value is -0.620. The predicted octanol–water partition coefficient (Wildman–Crippen LogP) is -0.263. The molecule has 0 spiro atoms. The summed E-state index contributed by atoms with van der Waals surface area (Å²) in [4.78, 5) is 11.3. The number of rotatable bonds is 6. The molecule has 0 atom stereocenters. The van der Waals surface area contributed by atoms with Crippen molar-refractivity contribution in [1.29, 1.82) is 0 Å². The summed E-state index contributed by atoms with van der Waals surface area (Å²) < 4.78 is 24.8. The largest absolute Gasteiger partial charge is 0.313 e. The summed E-state index contributed by atoms with van der Waals surface area (Å²) in [6.07, 6.45) is 3.94. The molecule has 2 rings (SSSR count). The van der Waals surface area contributed by atoms with Gasteiger partial charge in [0.25, 0.3) is 0 Å². The predicted molar refractivity (Wildman–Crippen MR) is 55.7 cm³/mol. The Kier molecular flexibility index (Phi) is 2.97. The molecule has 15 heavy (non-hydrogen) atoms. The minimum absolute atomic E-state index is 0.239. The lowest BCUT2D eigenvalue weighted by Crippen LogP contribution is -2.35. The van der Waals surface area contributed by atoms with E-state index in [1.165, 1.54) is 12.8 Å². The van der Waals surface area contributed by atoms with Gasteiger partial charge in [-0.2, -0.15) is 0 Å². The number of hydrogen-bond donors (Lipinski definition) is 2. The third-order valence-corrected chi connectivity index (χ3v) is 4.44. The zero-order valence-electron chi connectivity index (χ0n) is 8.53. The maximum atomic E-state index is 11.4. The van der Waals surface area contributed by atoms with E-state index < -0.39 is 15.9 Å². The van der Waals surface area contributed by atoms with E-state index in [1.54, 1.807) is 0 Å². The first-order valence-corrected chi connectivity index (χ1v) is 6.90. The van der Waals surface area contributed by atoms with Crippen molar-refractivity contribution in [2.24, 2.45) is 0 Å². The Morgan fingerprint density at radius 2 is 1.87 bits per heavy atom. The van der Waals surface area contributed by atoms with Crippen LogP contribution in [0.3, 0.4) is 0 Å². The highest BCUT2D eigenvalue weighted by molar-refractivity contribution is 7.90. The first-order chi connectivity index (χ1) is 7.08. The first kappa shape index (κ1) is 10.9. The van der Waals surface area contributed by atoms with Crippen LogP contribution in [0.1, 0.15) is 32.1 Å². The molecule has 0 aliphatic heterocycles. The van der Waals surface area contributed by atoms with Gasteiger partial charge in [0.15, 0.2) is 0 Å². The van der Waals surface area contributed by atoms with Crippen LogP contribution in [-0.4, -0.2) is 32.2 Å². The topological polar surface area (TPSA) is 75.3 Å². The van der Waals surface area contributed by atoms with Crippen molar-refractivity contribution in [3.05, 3.63) is 0 Å². The van der Waals surface area contributed by atoms with Crippen LogP contribution in [0, 0.1) is 0 Å². The maximum absolute atomic E-state index is 11.4. The summed E-state index contributed by atoms with van der Waals surface area (Å²) in [5.74, 6) is -0.393. The number of amides is 1.